The van der Waals surface area contributed by atoms with Gasteiger partial charge >= 0.3 is 0 Å². The molecule has 4 heteroatoms. The highest BCUT2D eigenvalue weighted by molar-refractivity contribution is 4.93. The first-order valence-electron chi connectivity index (χ1n) is 8.97. The van der Waals surface area contributed by atoms with Gasteiger partial charge in [-0.05, 0) is 71.9 Å². The van der Waals surface area contributed by atoms with Crippen LogP contribution in [0.2, 0.25) is 0 Å². The number of nitrogens with one attached hydrogen (secondary N) is 1. The highest BCUT2D eigenvalue weighted by Crippen LogP contribution is 2.27. The van der Waals surface area contributed by atoms with Crippen molar-refractivity contribution >= 4 is 0 Å². The Balaban J connectivity index is 1.81. The lowest BCUT2D eigenvalue weighted by molar-refractivity contribution is 0.0719. The molecule has 3 N–H and O–H groups in total. The maximum absolute atomic E-state index is 5.89. The van der Waals surface area contributed by atoms with Crippen LogP contribution < -0.4 is 11.3 Å². The minimum absolute atomic E-state index is 0.135. The van der Waals surface area contributed by atoms with Crippen molar-refractivity contribution in [2.24, 2.45) is 5.84 Å². The summed E-state index contributed by atoms with van der Waals surface area (Å²) < 4.78 is 5.72. The van der Waals surface area contributed by atoms with Gasteiger partial charge in [0.15, 0.2) is 0 Å². The van der Waals surface area contributed by atoms with E-state index in [0.29, 0.717) is 12.1 Å². The molecule has 2 aliphatic heterocycles. The summed E-state index contributed by atoms with van der Waals surface area (Å²) in [6, 6.07) is 0.358. The van der Waals surface area contributed by atoms with Gasteiger partial charge in [-0.15, -0.1) is 0 Å². The Kier molecular flexibility index (Phi) is 6.93. The zero-order valence-corrected chi connectivity index (χ0v) is 14.1. The molecule has 0 saturated carbocycles. The Bertz CT molecular complexity index is 282. The van der Waals surface area contributed by atoms with Gasteiger partial charge in [-0.3, -0.25) is 16.2 Å². The van der Waals surface area contributed by atoms with Crippen LogP contribution in [0.5, 0.6) is 0 Å². The summed E-state index contributed by atoms with van der Waals surface area (Å²) in [6.07, 6.45) is 11.9. The molecule has 4 nitrogen and oxygen atoms in total. The van der Waals surface area contributed by atoms with Gasteiger partial charge in [0.2, 0.25) is 0 Å². The summed E-state index contributed by atoms with van der Waals surface area (Å²) in [5.74, 6) is 5.89. The van der Waals surface area contributed by atoms with Gasteiger partial charge in [0.1, 0.15) is 0 Å². The van der Waals surface area contributed by atoms with Gasteiger partial charge < -0.3 is 4.74 Å². The summed E-state index contributed by atoms with van der Waals surface area (Å²) >= 11 is 0. The lowest BCUT2D eigenvalue weighted by atomic mass is 9.88. The maximum atomic E-state index is 5.89. The molecule has 0 aromatic carbocycles. The number of nitrogens with zero attached hydrogens (tertiary/aromatic N) is 1. The fraction of sp³-hybridized carbons (Fsp3) is 1.00. The number of hydrogen-bond acceptors (Lipinski definition) is 4. The van der Waals surface area contributed by atoms with Crippen molar-refractivity contribution in [1.29, 1.82) is 0 Å². The summed E-state index contributed by atoms with van der Waals surface area (Å²) in [7, 11) is 0. The molecule has 2 rings (SSSR count). The number of hydrazine groups is 1. The fourth-order valence-corrected chi connectivity index (χ4v) is 3.93. The molecule has 2 saturated heterocycles. The summed E-state index contributed by atoms with van der Waals surface area (Å²) in [5.41, 5.74) is 3.24. The zero-order chi connectivity index (χ0) is 15.1. The minimum atomic E-state index is 0.135. The first-order chi connectivity index (χ1) is 10.1. The first kappa shape index (κ1) is 17.2. The second-order valence-corrected chi connectivity index (χ2v) is 7.34. The molecule has 0 radical (unpaired) electrons. The molecule has 0 aliphatic carbocycles. The predicted molar refractivity (Wildman–Crippen MR) is 88.1 cm³/mol. The molecule has 0 spiro atoms. The third-order valence-electron chi connectivity index (χ3n) is 5.52. The van der Waals surface area contributed by atoms with Crippen LogP contribution in [0.3, 0.4) is 0 Å². The minimum Gasteiger partial charge on any atom is -0.378 e. The molecule has 2 aliphatic rings. The van der Waals surface area contributed by atoms with Crippen molar-refractivity contribution in [3.05, 3.63) is 0 Å². The molecular formula is C17H35N3O. The van der Waals surface area contributed by atoms with E-state index in [1.54, 1.807) is 0 Å². The largest absolute Gasteiger partial charge is 0.378 e. The van der Waals surface area contributed by atoms with Crippen LogP contribution >= 0.6 is 0 Å². The molecule has 21 heavy (non-hydrogen) atoms. The van der Waals surface area contributed by atoms with Gasteiger partial charge in [-0.2, -0.15) is 0 Å². The van der Waals surface area contributed by atoms with Crippen LogP contribution in [-0.4, -0.2) is 42.3 Å². The Hall–Kier alpha value is -0.160. The average Bonchev–Trinajstić information content (AvgIpc) is 2.82. The van der Waals surface area contributed by atoms with Gasteiger partial charge in [0, 0.05) is 18.2 Å². The van der Waals surface area contributed by atoms with Crippen molar-refractivity contribution < 1.29 is 4.74 Å². The molecule has 2 heterocycles. The second kappa shape index (κ2) is 8.47. The predicted octanol–water partition coefficient (Wildman–Crippen LogP) is 2.82. The van der Waals surface area contributed by atoms with Crippen LogP contribution in [0.25, 0.3) is 0 Å². The monoisotopic (exact) mass is 297 g/mol. The molecule has 2 unspecified atom stereocenters. The Morgan fingerprint density at radius 1 is 1.19 bits per heavy atom. The SMILES string of the molecule is CC(C)(C(CCCC1CCCO1)NN)N1CCCCCC1. The molecule has 0 amide bonds. The van der Waals surface area contributed by atoms with Crippen molar-refractivity contribution in [3.8, 4) is 0 Å². The van der Waals surface area contributed by atoms with Crippen LogP contribution in [0.4, 0.5) is 0 Å². The third kappa shape index (κ3) is 4.92. The summed E-state index contributed by atoms with van der Waals surface area (Å²) in [5, 5.41) is 0. The van der Waals surface area contributed by atoms with Crippen LogP contribution in [0, 0.1) is 0 Å². The lowest BCUT2D eigenvalue weighted by Gasteiger charge is -2.44. The first-order valence-corrected chi connectivity index (χ1v) is 8.97. The Morgan fingerprint density at radius 2 is 1.90 bits per heavy atom. The average molecular weight is 297 g/mol. The maximum Gasteiger partial charge on any atom is 0.0576 e. The number of nitrogens with two attached hydrogens (primary N) is 1. The van der Waals surface area contributed by atoms with E-state index >= 15 is 0 Å². The van der Waals surface area contributed by atoms with Crippen LogP contribution in [0.15, 0.2) is 0 Å². The normalized spacial score (nSPS) is 26.7. The number of rotatable bonds is 7. The summed E-state index contributed by atoms with van der Waals surface area (Å²) in [6.45, 7) is 8.11. The smallest absolute Gasteiger partial charge is 0.0576 e. The van der Waals surface area contributed by atoms with E-state index in [1.807, 2.05) is 0 Å². The molecule has 2 atom stereocenters. The van der Waals surface area contributed by atoms with E-state index in [0.717, 1.165) is 13.0 Å². The second-order valence-electron chi connectivity index (χ2n) is 7.34. The highest BCUT2D eigenvalue weighted by Gasteiger charge is 2.34. The molecule has 0 bridgehead atoms. The van der Waals surface area contributed by atoms with Crippen LogP contribution in [-0.2, 0) is 4.74 Å². The van der Waals surface area contributed by atoms with Crippen LogP contribution in [0.1, 0.15) is 71.6 Å². The molecule has 124 valence electrons. The highest BCUT2D eigenvalue weighted by atomic mass is 16.5. The van der Waals surface area contributed by atoms with Gasteiger partial charge in [-0.1, -0.05) is 12.8 Å². The quantitative estimate of drug-likeness (QED) is 0.560. The molecular weight excluding hydrogens is 262 g/mol. The van der Waals surface area contributed by atoms with Crippen molar-refractivity contribution in [2.75, 3.05) is 19.7 Å². The van der Waals surface area contributed by atoms with E-state index in [2.05, 4.69) is 24.2 Å². The lowest BCUT2D eigenvalue weighted by Crippen LogP contribution is -2.59. The van der Waals surface area contributed by atoms with Gasteiger partial charge in [-0.25, -0.2) is 0 Å². The Labute approximate surface area is 130 Å². The van der Waals surface area contributed by atoms with Crippen molar-refractivity contribution in [2.45, 2.75) is 89.3 Å². The Morgan fingerprint density at radius 3 is 2.48 bits per heavy atom. The fourth-order valence-electron chi connectivity index (χ4n) is 3.93. The number of hydrogen-bond donors (Lipinski definition) is 2. The molecule has 0 aromatic heterocycles. The van der Waals surface area contributed by atoms with Crippen molar-refractivity contribution in [1.82, 2.24) is 10.3 Å². The standard InChI is InChI=1S/C17H35N3O/c1-17(2,20-12-5-3-4-6-13-20)16(19-18)11-7-9-15-10-8-14-21-15/h15-16,19H,3-14,18H2,1-2H3. The third-order valence-corrected chi connectivity index (χ3v) is 5.52. The van der Waals surface area contributed by atoms with E-state index < -0.39 is 0 Å². The zero-order valence-electron chi connectivity index (χ0n) is 14.1. The molecule has 0 aromatic rings. The number of ether oxygens (including phenoxy) is 1. The topological polar surface area (TPSA) is 50.5 Å². The van der Waals surface area contributed by atoms with E-state index in [1.165, 1.54) is 64.5 Å². The molecule has 2 fully saturated rings. The number of likely N-dealkylation sites (tertiary alicyclic amines) is 1. The van der Waals surface area contributed by atoms with E-state index in [-0.39, 0.29) is 5.54 Å². The van der Waals surface area contributed by atoms with Gasteiger partial charge in [0.25, 0.3) is 0 Å². The van der Waals surface area contributed by atoms with E-state index in [9.17, 15) is 0 Å². The summed E-state index contributed by atoms with van der Waals surface area (Å²) in [4.78, 5) is 2.65. The van der Waals surface area contributed by atoms with E-state index in [4.69, 9.17) is 10.6 Å². The van der Waals surface area contributed by atoms with Gasteiger partial charge in [0.05, 0.1) is 6.10 Å². The van der Waals surface area contributed by atoms with Crippen molar-refractivity contribution in [3.63, 3.8) is 0 Å².